The van der Waals surface area contributed by atoms with E-state index in [1.165, 1.54) is 0 Å². The fourth-order valence-corrected chi connectivity index (χ4v) is 4.15. The van der Waals surface area contributed by atoms with Crippen molar-refractivity contribution in [1.29, 1.82) is 0 Å². The van der Waals surface area contributed by atoms with Crippen molar-refractivity contribution in [2.75, 3.05) is 11.5 Å². The molecule has 1 N–H and O–H groups in total. The van der Waals surface area contributed by atoms with Gasteiger partial charge < -0.3 is 9.84 Å². The Morgan fingerprint density at radius 3 is 2.75 bits per heavy atom. The van der Waals surface area contributed by atoms with Gasteiger partial charge in [-0.1, -0.05) is 24.1 Å². The molecule has 1 aromatic rings. The van der Waals surface area contributed by atoms with E-state index in [4.69, 9.17) is 16.3 Å². The molecule has 1 aromatic carbocycles. The van der Waals surface area contributed by atoms with Crippen LogP contribution in [0.3, 0.4) is 0 Å². The minimum atomic E-state index is -0.749. The van der Waals surface area contributed by atoms with Gasteiger partial charge in [0, 0.05) is 5.75 Å². The quantitative estimate of drug-likeness (QED) is 0.920. The molecule has 2 aliphatic rings. The molecule has 2 fully saturated rings. The van der Waals surface area contributed by atoms with Crippen LogP contribution in [0.15, 0.2) is 18.2 Å². The van der Waals surface area contributed by atoms with E-state index >= 15 is 0 Å². The summed E-state index contributed by atoms with van der Waals surface area (Å²) in [5.74, 6) is 2.04. The lowest BCUT2D eigenvalue weighted by atomic mass is 9.64. The summed E-state index contributed by atoms with van der Waals surface area (Å²) >= 11 is 8.16. The molecule has 0 bridgehead atoms. The first-order valence-corrected chi connectivity index (χ1v) is 8.43. The molecule has 1 unspecified atom stereocenters. The Bertz CT molecular complexity index is 522. The maximum absolute atomic E-state index is 11.5. The first-order valence-electron chi connectivity index (χ1n) is 6.90. The van der Waals surface area contributed by atoms with Crippen molar-refractivity contribution < 1.29 is 14.6 Å². The van der Waals surface area contributed by atoms with Crippen molar-refractivity contribution >= 4 is 29.3 Å². The number of hydrogen-bond donors (Lipinski definition) is 1. The van der Waals surface area contributed by atoms with Gasteiger partial charge in [-0.15, -0.1) is 0 Å². The summed E-state index contributed by atoms with van der Waals surface area (Å²) < 4.78 is 5.89. The highest BCUT2D eigenvalue weighted by Gasteiger charge is 2.46. The van der Waals surface area contributed by atoms with Crippen LogP contribution >= 0.6 is 23.4 Å². The Labute approximate surface area is 127 Å². The Morgan fingerprint density at radius 1 is 1.45 bits per heavy atom. The Hall–Kier alpha value is -0.870. The zero-order valence-electron chi connectivity index (χ0n) is 11.1. The monoisotopic (exact) mass is 312 g/mol. The smallest absolute Gasteiger partial charge is 0.314 e. The van der Waals surface area contributed by atoms with Crippen molar-refractivity contribution in [1.82, 2.24) is 0 Å². The fourth-order valence-electron chi connectivity index (χ4n) is 2.84. The molecule has 0 spiro atoms. The van der Waals surface area contributed by atoms with E-state index in [2.05, 4.69) is 0 Å². The van der Waals surface area contributed by atoms with Gasteiger partial charge in [0.05, 0.1) is 10.4 Å². The number of aliphatic carboxylic acids is 1. The van der Waals surface area contributed by atoms with Gasteiger partial charge in [0.1, 0.15) is 11.9 Å². The van der Waals surface area contributed by atoms with Crippen LogP contribution < -0.4 is 4.74 Å². The van der Waals surface area contributed by atoms with Gasteiger partial charge in [-0.05, 0) is 42.7 Å². The average Bonchev–Trinajstić information content (AvgIpc) is 2.83. The van der Waals surface area contributed by atoms with E-state index in [1.54, 1.807) is 6.07 Å². The van der Waals surface area contributed by atoms with Crippen LogP contribution in [0, 0.1) is 0 Å². The van der Waals surface area contributed by atoms with E-state index in [9.17, 15) is 9.90 Å². The Kier molecular flexibility index (Phi) is 3.87. The van der Waals surface area contributed by atoms with Gasteiger partial charge in [0.15, 0.2) is 0 Å². The van der Waals surface area contributed by atoms with Crippen molar-refractivity contribution in [3.05, 3.63) is 28.8 Å². The molecular formula is C15H17ClO3S. The molecule has 1 heterocycles. The van der Waals surface area contributed by atoms with Crippen LogP contribution in [0.4, 0.5) is 0 Å². The summed E-state index contributed by atoms with van der Waals surface area (Å²) in [7, 11) is 0. The Morgan fingerprint density at radius 2 is 2.25 bits per heavy atom. The van der Waals surface area contributed by atoms with E-state index in [-0.39, 0.29) is 6.10 Å². The normalized spacial score (nSPS) is 24.1. The molecular weight excluding hydrogens is 296 g/mol. The number of carboxylic acids is 1. The zero-order valence-corrected chi connectivity index (χ0v) is 12.7. The highest BCUT2D eigenvalue weighted by atomic mass is 35.5. The van der Waals surface area contributed by atoms with E-state index in [0.717, 1.165) is 29.9 Å². The standard InChI is InChI=1S/C15H17ClO3S/c16-12-8-10(15(14(17)18)5-1-6-15)2-3-13(12)19-11-4-7-20-9-11/h2-3,8,11H,1,4-7,9H2,(H,17,18). The van der Waals surface area contributed by atoms with Crippen molar-refractivity contribution in [3.8, 4) is 5.75 Å². The molecule has 1 aliphatic heterocycles. The highest BCUT2D eigenvalue weighted by molar-refractivity contribution is 7.99. The SMILES string of the molecule is O=C(O)C1(c2ccc(OC3CCSC3)c(Cl)c2)CCC1. The summed E-state index contributed by atoms with van der Waals surface area (Å²) in [6.45, 7) is 0. The molecule has 1 atom stereocenters. The molecule has 3 rings (SSSR count). The predicted molar refractivity (Wildman–Crippen MR) is 81.0 cm³/mol. The molecule has 1 saturated carbocycles. The van der Waals surface area contributed by atoms with Crippen LogP contribution in [-0.2, 0) is 10.2 Å². The third-order valence-corrected chi connectivity index (χ3v) is 5.71. The molecule has 20 heavy (non-hydrogen) atoms. The number of thioether (sulfide) groups is 1. The molecule has 0 aromatic heterocycles. The van der Waals surface area contributed by atoms with Gasteiger partial charge in [-0.3, -0.25) is 4.79 Å². The summed E-state index contributed by atoms with van der Waals surface area (Å²) in [5, 5.41) is 9.97. The number of ether oxygens (including phenoxy) is 1. The van der Waals surface area contributed by atoms with Crippen LogP contribution in [0.1, 0.15) is 31.2 Å². The first kappa shape index (κ1) is 14.1. The van der Waals surface area contributed by atoms with Gasteiger partial charge in [0.25, 0.3) is 0 Å². The number of halogens is 1. The minimum absolute atomic E-state index is 0.223. The van der Waals surface area contributed by atoms with Crippen molar-refractivity contribution in [2.24, 2.45) is 0 Å². The van der Waals surface area contributed by atoms with E-state index in [0.29, 0.717) is 23.6 Å². The van der Waals surface area contributed by atoms with Crippen LogP contribution in [0.25, 0.3) is 0 Å². The predicted octanol–water partition coefficient (Wildman–Crippen LogP) is 3.73. The number of rotatable bonds is 4. The number of hydrogen-bond acceptors (Lipinski definition) is 3. The second kappa shape index (κ2) is 5.49. The third kappa shape index (κ3) is 2.40. The first-order chi connectivity index (χ1) is 9.62. The summed E-state index contributed by atoms with van der Waals surface area (Å²) in [5.41, 5.74) is 0.0696. The molecule has 0 radical (unpaired) electrons. The lowest BCUT2D eigenvalue weighted by Gasteiger charge is -2.38. The van der Waals surface area contributed by atoms with Crippen LogP contribution in [0.5, 0.6) is 5.75 Å². The number of carbonyl (C=O) groups is 1. The van der Waals surface area contributed by atoms with E-state index in [1.807, 2.05) is 23.9 Å². The summed E-state index contributed by atoms with van der Waals surface area (Å²) in [6.07, 6.45) is 3.61. The molecule has 108 valence electrons. The third-order valence-electron chi connectivity index (χ3n) is 4.28. The summed E-state index contributed by atoms with van der Waals surface area (Å²) in [4.78, 5) is 11.5. The minimum Gasteiger partial charge on any atom is -0.488 e. The van der Waals surface area contributed by atoms with Gasteiger partial charge in [-0.2, -0.15) is 11.8 Å². The Balaban J connectivity index is 1.81. The van der Waals surface area contributed by atoms with E-state index < -0.39 is 11.4 Å². The highest BCUT2D eigenvalue weighted by Crippen LogP contribution is 2.45. The molecule has 1 saturated heterocycles. The second-order valence-corrected chi connectivity index (χ2v) is 7.05. The molecule has 0 amide bonds. The van der Waals surface area contributed by atoms with Crippen LogP contribution in [-0.4, -0.2) is 28.7 Å². The average molecular weight is 313 g/mol. The largest absolute Gasteiger partial charge is 0.488 e. The second-order valence-electron chi connectivity index (χ2n) is 5.49. The molecule has 5 heteroatoms. The van der Waals surface area contributed by atoms with Crippen molar-refractivity contribution in [2.45, 2.75) is 37.2 Å². The maximum Gasteiger partial charge on any atom is 0.314 e. The maximum atomic E-state index is 11.5. The molecule has 1 aliphatic carbocycles. The fraction of sp³-hybridized carbons (Fsp3) is 0.533. The van der Waals surface area contributed by atoms with Gasteiger partial charge in [0.2, 0.25) is 0 Å². The number of carboxylic acid groups (broad SMARTS) is 1. The lowest BCUT2D eigenvalue weighted by Crippen LogP contribution is -2.42. The lowest BCUT2D eigenvalue weighted by molar-refractivity contribution is -0.147. The summed E-state index contributed by atoms with van der Waals surface area (Å²) in [6, 6.07) is 5.45. The van der Waals surface area contributed by atoms with Gasteiger partial charge >= 0.3 is 5.97 Å². The molecule has 3 nitrogen and oxygen atoms in total. The number of benzene rings is 1. The zero-order chi connectivity index (χ0) is 14.2. The van der Waals surface area contributed by atoms with Crippen molar-refractivity contribution in [3.63, 3.8) is 0 Å². The topological polar surface area (TPSA) is 46.5 Å². The van der Waals surface area contributed by atoms with Crippen LogP contribution in [0.2, 0.25) is 5.02 Å². The van der Waals surface area contributed by atoms with Gasteiger partial charge in [-0.25, -0.2) is 0 Å².